The van der Waals surface area contributed by atoms with Crippen molar-refractivity contribution in [1.82, 2.24) is 5.48 Å². The van der Waals surface area contributed by atoms with Gasteiger partial charge in [0, 0.05) is 0 Å². The van der Waals surface area contributed by atoms with Gasteiger partial charge in [0.25, 0.3) is 0 Å². The first kappa shape index (κ1) is 10.4. The fraction of sp³-hybridized carbons (Fsp3) is 0.167. The molecule has 72 valence electrons. The molecule has 0 amide bonds. The largest absolute Gasteiger partial charge is 0.266 e. The number of hydrogen-bond donors (Lipinski definition) is 1. The third kappa shape index (κ3) is 2.96. The first-order chi connectivity index (χ1) is 6.74. The molecule has 0 bridgehead atoms. The average Bonchev–Trinajstić information content (AvgIpc) is 2.18. The quantitative estimate of drug-likeness (QED) is 0.443. The van der Waals surface area contributed by atoms with Gasteiger partial charge in [-0.05, 0) is 18.6 Å². The molecule has 0 fully saturated rings. The molecular weight excluding hydrogens is 174 g/mol. The summed E-state index contributed by atoms with van der Waals surface area (Å²) >= 11 is 0. The lowest BCUT2D eigenvalue weighted by Gasteiger charge is -2.08. The van der Waals surface area contributed by atoms with Crippen LogP contribution in [0.2, 0.25) is 0 Å². The molecule has 0 atom stereocenters. The first-order valence-electron chi connectivity index (χ1n) is 4.31. The monoisotopic (exact) mass is 187 g/mol. The lowest BCUT2D eigenvalue weighted by molar-refractivity contribution is 0.108. The smallest absolute Gasteiger partial charge is 0.135 e. The zero-order valence-corrected chi connectivity index (χ0v) is 8.21. The highest BCUT2D eigenvalue weighted by Crippen LogP contribution is 2.10. The lowest BCUT2D eigenvalue weighted by Crippen LogP contribution is -2.12. The zero-order chi connectivity index (χ0) is 10.4. The summed E-state index contributed by atoms with van der Waals surface area (Å²) in [4.78, 5) is 4.95. The van der Waals surface area contributed by atoms with Crippen LogP contribution in [-0.2, 0) is 4.84 Å². The van der Waals surface area contributed by atoms with E-state index < -0.39 is 0 Å². The number of benzene rings is 1. The predicted octanol–water partition coefficient (Wildman–Crippen LogP) is 2.12. The highest BCUT2D eigenvalue weighted by Gasteiger charge is 1.97. The second kappa shape index (κ2) is 5.11. The van der Waals surface area contributed by atoms with Crippen LogP contribution >= 0.6 is 0 Å². The Morgan fingerprint density at radius 3 is 3.07 bits per heavy atom. The second-order valence-corrected chi connectivity index (χ2v) is 2.94. The molecule has 1 rings (SSSR count). The molecule has 0 radical (unpaired) electrons. The van der Waals surface area contributed by atoms with E-state index in [1.807, 2.05) is 31.2 Å². The Kier molecular flexibility index (Phi) is 3.78. The van der Waals surface area contributed by atoms with E-state index in [0.29, 0.717) is 5.70 Å². The van der Waals surface area contributed by atoms with Crippen molar-refractivity contribution in [2.45, 2.75) is 6.92 Å². The fourth-order valence-electron chi connectivity index (χ4n) is 1.06. The lowest BCUT2D eigenvalue weighted by atomic mass is 10.1. The summed E-state index contributed by atoms with van der Waals surface area (Å²) in [5.74, 6) is 2.36. The molecule has 0 aromatic heterocycles. The van der Waals surface area contributed by atoms with Crippen molar-refractivity contribution >= 4 is 5.70 Å². The summed E-state index contributed by atoms with van der Waals surface area (Å²) in [6, 6.07) is 7.98. The molecule has 2 heteroatoms. The molecule has 0 aliphatic rings. The van der Waals surface area contributed by atoms with E-state index in [0.717, 1.165) is 5.56 Å². The number of terminal acetylenes is 1. The standard InChI is InChI=1S/C12H13NO/c1-4-8-14-13-11(3)12-7-5-6-10(2)9-12/h1,5-7,9,13H,3,8H2,2H3. The second-order valence-electron chi connectivity index (χ2n) is 2.94. The van der Waals surface area contributed by atoms with E-state index in [4.69, 9.17) is 11.3 Å². The van der Waals surface area contributed by atoms with Gasteiger partial charge in [-0.25, -0.2) is 0 Å². The SMILES string of the molecule is C#CCONC(=C)c1cccc(C)c1. The summed E-state index contributed by atoms with van der Waals surface area (Å²) in [5.41, 5.74) is 5.59. The Bertz CT molecular complexity index is 363. The summed E-state index contributed by atoms with van der Waals surface area (Å²) in [6.45, 7) is 6.09. The van der Waals surface area contributed by atoms with Crippen molar-refractivity contribution in [2.75, 3.05) is 6.61 Å². The fourth-order valence-corrected chi connectivity index (χ4v) is 1.06. The maximum Gasteiger partial charge on any atom is 0.135 e. The Morgan fingerprint density at radius 2 is 2.43 bits per heavy atom. The van der Waals surface area contributed by atoms with Gasteiger partial charge in [-0.15, -0.1) is 6.42 Å². The molecule has 0 spiro atoms. The summed E-state index contributed by atoms with van der Waals surface area (Å²) in [7, 11) is 0. The van der Waals surface area contributed by atoms with Gasteiger partial charge in [-0.2, -0.15) is 0 Å². The first-order valence-corrected chi connectivity index (χ1v) is 4.31. The normalized spacial score (nSPS) is 9.14. The summed E-state index contributed by atoms with van der Waals surface area (Å²) < 4.78 is 0. The van der Waals surface area contributed by atoms with Gasteiger partial charge in [0.2, 0.25) is 0 Å². The van der Waals surface area contributed by atoms with Crippen molar-refractivity contribution in [3.05, 3.63) is 42.0 Å². The van der Waals surface area contributed by atoms with E-state index in [1.165, 1.54) is 5.56 Å². The number of hydroxylamine groups is 1. The third-order valence-corrected chi connectivity index (χ3v) is 1.72. The van der Waals surface area contributed by atoms with E-state index in [1.54, 1.807) is 0 Å². The van der Waals surface area contributed by atoms with Crippen LogP contribution in [0.25, 0.3) is 5.70 Å². The molecular formula is C12H13NO. The average molecular weight is 187 g/mol. The van der Waals surface area contributed by atoms with Crippen molar-refractivity contribution in [3.8, 4) is 12.3 Å². The highest BCUT2D eigenvalue weighted by atomic mass is 16.6. The Labute approximate surface area is 84.5 Å². The third-order valence-electron chi connectivity index (χ3n) is 1.72. The molecule has 0 aliphatic heterocycles. The summed E-state index contributed by atoms with van der Waals surface area (Å²) in [5, 5.41) is 0. The van der Waals surface area contributed by atoms with Gasteiger partial charge in [0.1, 0.15) is 6.61 Å². The minimum atomic E-state index is 0.227. The van der Waals surface area contributed by atoms with Gasteiger partial charge < -0.3 is 0 Å². The molecule has 0 unspecified atom stereocenters. The van der Waals surface area contributed by atoms with Crippen LogP contribution in [0, 0.1) is 19.3 Å². The minimum Gasteiger partial charge on any atom is -0.266 e. The molecule has 14 heavy (non-hydrogen) atoms. The molecule has 0 heterocycles. The van der Waals surface area contributed by atoms with Crippen LogP contribution in [0.4, 0.5) is 0 Å². The highest BCUT2D eigenvalue weighted by molar-refractivity contribution is 5.61. The van der Waals surface area contributed by atoms with Crippen LogP contribution in [0.3, 0.4) is 0 Å². The van der Waals surface area contributed by atoms with Gasteiger partial charge in [0.15, 0.2) is 0 Å². The van der Waals surface area contributed by atoms with Crippen LogP contribution in [0.1, 0.15) is 11.1 Å². The van der Waals surface area contributed by atoms with Crippen LogP contribution in [0.5, 0.6) is 0 Å². The maximum absolute atomic E-state index is 5.03. The van der Waals surface area contributed by atoms with Crippen molar-refractivity contribution in [2.24, 2.45) is 0 Å². The molecule has 2 nitrogen and oxygen atoms in total. The topological polar surface area (TPSA) is 21.3 Å². The van der Waals surface area contributed by atoms with Crippen LogP contribution in [-0.4, -0.2) is 6.61 Å². The van der Waals surface area contributed by atoms with Crippen LogP contribution in [0.15, 0.2) is 30.8 Å². The Balaban J connectivity index is 2.57. The zero-order valence-electron chi connectivity index (χ0n) is 8.21. The number of rotatable bonds is 4. The maximum atomic E-state index is 5.03. The number of hydrogen-bond acceptors (Lipinski definition) is 2. The predicted molar refractivity (Wildman–Crippen MR) is 58.1 cm³/mol. The Morgan fingerprint density at radius 1 is 1.64 bits per heavy atom. The molecule has 1 aromatic rings. The van der Waals surface area contributed by atoms with Crippen LogP contribution < -0.4 is 5.48 Å². The van der Waals surface area contributed by atoms with Crippen molar-refractivity contribution < 1.29 is 4.84 Å². The molecule has 0 aliphatic carbocycles. The molecule has 1 N–H and O–H groups in total. The van der Waals surface area contributed by atoms with Gasteiger partial charge in [-0.1, -0.05) is 36.3 Å². The van der Waals surface area contributed by atoms with E-state index >= 15 is 0 Å². The summed E-state index contributed by atoms with van der Waals surface area (Å²) in [6.07, 6.45) is 5.03. The number of nitrogens with one attached hydrogen (secondary N) is 1. The van der Waals surface area contributed by atoms with Gasteiger partial charge in [0.05, 0.1) is 5.70 Å². The van der Waals surface area contributed by atoms with E-state index in [-0.39, 0.29) is 6.61 Å². The Hall–Kier alpha value is -1.72. The van der Waals surface area contributed by atoms with E-state index in [9.17, 15) is 0 Å². The van der Waals surface area contributed by atoms with E-state index in [2.05, 4.69) is 18.0 Å². The van der Waals surface area contributed by atoms with Gasteiger partial charge >= 0.3 is 0 Å². The molecule has 0 saturated heterocycles. The molecule has 1 aromatic carbocycles. The van der Waals surface area contributed by atoms with Crippen molar-refractivity contribution in [3.63, 3.8) is 0 Å². The molecule has 0 saturated carbocycles. The minimum absolute atomic E-state index is 0.227. The van der Waals surface area contributed by atoms with Gasteiger partial charge in [-0.3, -0.25) is 10.3 Å². The number of aryl methyl sites for hydroxylation is 1. The van der Waals surface area contributed by atoms with Crippen molar-refractivity contribution in [1.29, 1.82) is 0 Å².